The van der Waals surface area contributed by atoms with Gasteiger partial charge in [0.15, 0.2) is 6.61 Å². The summed E-state index contributed by atoms with van der Waals surface area (Å²) in [5.74, 6) is 0.362. The summed E-state index contributed by atoms with van der Waals surface area (Å²) in [6.07, 6.45) is 1.62. The van der Waals surface area contributed by atoms with Gasteiger partial charge in [0.25, 0.3) is 5.91 Å². The summed E-state index contributed by atoms with van der Waals surface area (Å²) in [4.78, 5) is 14.0. The van der Waals surface area contributed by atoms with Gasteiger partial charge in [-0.1, -0.05) is 12.1 Å². The van der Waals surface area contributed by atoms with E-state index in [2.05, 4.69) is 64.0 Å². The van der Waals surface area contributed by atoms with Crippen LogP contribution in [0, 0.1) is 3.57 Å². The number of nitrogens with zero attached hydrogens (tertiary/aromatic N) is 2. The van der Waals surface area contributed by atoms with Crippen LogP contribution in [0.3, 0.4) is 0 Å². The van der Waals surface area contributed by atoms with E-state index in [1.807, 2.05) is 36.4 Å². The Morgan fingerprint density at radius 2 is 1.76 bits per heavy atom. The van der Waals surface area contributed by atoms with Crippen molar-refractivity contribution in [1.82, 2.24) is 5.43 Å². The van der Waals surface area contributed by atoms with Gasteiger partial charge in [-0.25, -0.2) is 5.43 Å². The fourth-order valence-electron chi connectivity index (χ4n) is 2.25. The van der Waals surface area contributed by atoms with Crippen molar-refractivity contribution in [2.75, 3.05) is 24.6 Å². The zero-order valence-corrected chi connectivity index (χ0v) is 16.6. The van der Waals surface area contributed by atoms with Crippen LogP contribution in [0.4, 0.5) is 5.69 Å². The molecule has 1 amide bonds. The first-order valence-corrected chi connectivity index (χ1v) is 9.25. The number of ether oxygens (including phenoxy) is 1. The molecule has 0 saturated heterocycles. The maximum atomic E-state index is 11.7. The van der Waals surface area contributed by atoms with Crippen molar-refractivity contribution < 1.29 is 9.53 Å². The molecule has 2 aromatic carbocycles. The number of hydrazone groups is 1. The Morgan fingerprint density at radius 1 is 1.12 bits per heavy atom. The maximum absolute atomic E-state index is 11.7. The number of amides is 1. The van der Waals surface area contributed by atoms with Crippen molar-refractivity contribution in [2.24, 2.45) is 5.10 Å². The summed E-state index contributed by atoms with van der Waals surface area (Å²) in [6.45, 7) is 6.14. The largest absolute Gasteiger partial charge is 0.484 e. The molecule has 5 nitrogen and oxygen atoms in total. The van der Waals surface area contributed by atoms with Crippen LogP contribution < -0.4 is 15.1 Å². The minimum absolute atomic E-state index is 0.0706. The summed E-state index contributed by atoms with van der Waals surface area (Å²) >= 11 is 2.22. The molecule has 0 aliphatic rings. The summed E-state index contributed by atoms with van der Waals surface area (Å²) in [6, 6.07) is 15.6. The minimum atomic E-state index is -0.297. The monoisotopic (exact) mass is 451 g/mol. The van der Waals surface area contributed by atoms with E-state index < -0.39 is 0 Å². The molecule has 0 aliphatic heterocycles. The smallest absolute Gasteiger partial charge is 0.277 e. The quantitative estimate of drug-likeness (QED) is 0.379. The van der Waals surface area contributed by atoms with Gasteiger partial charge in [-0.05, 0) is 78.4 Å². The Morgan fingerprint density at radius 3 is 2.36 bits per heavy atom. The third-order valence-corrected chi connectivity index (χ3v) is 4.33. The van der Waals surface area contributed by atoms with E-state index in [1.54, 1.807) is 6.21 Å². The predicted molar refractivity (Wildman–Crippen MR) is 110 cm³/mol. The lowest BCUT2D eigenvalue weighted by molar-refractivity contribution is -0.123. The molecule has 2 aromatic rings. The molecule has 0 aliphatic carbocycles. The number of benzene rings is 2. The molecular formula is C19H22IN3O2. The van der Waals surface area contributed by atoms with Gasteiger partial charge in [0.05, 0.1) is 6.21 Å². The van der Waals surface area contributed by atoms with Crippen LogP contribution in [-0.4, -0.2) is 31.8 Å². The first-order chi connectivity index (χ1) is 12.1. The minimum Gasteiger partial charge on any atom is -0.484 e. The van der Waals surface area contributed by atoms with E-state index >= 15 is 0 Å². The number of carbonyl (C=O) groups excluding carboxylic acids is 1. The van der Waals surface area contributed by atoms with E-state index in [0.29, 0.717) is 5.75 Å². The van der Waals surface area contributed by atoms with Crippen molar-refractivity contribution in [3.63, 3.8) is 0 Å². The Labute approximate surface area is 162 Å². The van der Waals surface area contributed by atoms with E-state index in [4.69, 9.17) is 4.74 Å². The van der Waals surface area contributed by atoms with Crippen molar-refractivity contribution in [3.8, 4) is 5.75 Å². The normalized spacial score (nSPS) is 10.7. The molecule has 0 spiro atoms. The van der Waals surface area contributed by atoms with Crippen LogP contribution in [0.5, 0.6) is 5.75 Å². The van der Waals surface area contributed by atoms with Crippen LogP contribution in [0.1, 0.15) is 19.4 Å². The number of hydrogen-bond donors (Lipinski definition) is 1. The molecule has 132 valence electrons. The Bertz CT molecular complexity index is 696. The molecule has 0 heterocycles. The predicted octanol–water partition coefficient (Wildman–Crippen LogP) is 3.67. The molecule has 6 heteroatoms. The topological polar surface area (TPSA) is 53.9 Å². The molecular weight excluding hydrogens is 429 g/mol. The zero-order valence-electron chi connectivity index (χ0n) is 14.4. The van der Waals surface area contributed by atoms with Crippen molar-refractivity contribution >= 4 is 40.4 Å². The van der Waals surface area contributed by atoms with Crippen molar-refractivity contribution in [3.05, 3.63) is 57.7 Å². The molecule has 0 unspecified atom stereocenters. The lowest BCUT2D eigenvalue weighted by atomic mass is 10.2. The molecule has 0 aromatic heterocycles. The standard InChI is InChI=1S/C19H22IN3O2/c1-3-23(4-2)17-9-5-15(6-10-17)13-21-22-19(24)14-25-18-11-7-16(20)8-12-18/h5-13H,3-4,14H2,1-2H3,(H,22,24)/b21-13+. The van der Waals surface area contributed by atoms with E-state index in [9.17, 15) is 4.79 Å². The Hall–Kier alpha value is -2.09. The molecule has 0 radical (unpaired) electrons. The highest BCUT2D eigenvalue weighted by Gasteiger charge is 2.02. The highest BCUT2D eigenvalue weighted by atomic mass is 127. The highest BCUT2D eigenvalue weighted by Crippen LogP contribution is 2.14. The first-order valence-electron chi connectivity index (χ1n) is 8.17. The molecule has 0 atom stereocenters. The third kappa shape index (κ3) is 6.38. The van der Waals surface area contributed by atoms with Crippen LogP contribution in [0.2, 0.25) is 0 Å². The van der Waals surface area contributed by atoms with Crippen LogP contribution >= 0.6 is 22.6 Å². The lowest BCUT2D eigenvalue weighted by Gasteiger charge is -2.20. The average Bonchev–Trinajstić information content (AvgIpc) is 2.63. The number of anilines is 1. The van der Waals surface area contributed by atoms with Gasteiger partial charge in [-0.2, -0.15) is 5.10 Å². The zero-order chi connectivity index (χ0) is 18.1. The first kappa shape index (κ1) is 19.2. The number of carbonyl (C=O) groups is 1. The SMILES string of the molecule is CCN(CC)c1ccc(/C=N/NC(=O)COc2ccc(I)cc2)cc1. The molecule has 0 saturated carbocycles. The van der Waals surface area contributed by atoms with E-state index in [-0.39, 0.29) is 12.5 Å². The van der Waals surface area contributed by atoms with Gasteiger partial charge in [-0.3, -0.25) is 4.79 Å². The summed E-state index contributed by atoms with van der Waals surface area (Å²) in [5, 5.41) is 3.96. The van der Waals surface area contributed by atoms with Crippen LogP contribution in [0.25, 0.3) is 0 Å². The maximum Gasteiger partial charge on any atom is 0.277 e. The summed E-state index contributed by atoms with van der Waals surface area (Å²) in [7, 11) is 0. The highest BCUT2D eigenvalue weighted by molar-refractivity contribution is 14.1. The lowest BCUT2D eigenvalue weighted by Crippen LogP contribution is -2.24. The summed E-state index contributed by atoms with van der Waals surface area (Å²) in [5.41, 5.74) is 4.57. The molecule has 2 rings (SSSR count). The Kier molecular flexibility index (Phi) is 7.72. The number of hydrogen-bond acceptors (Lipinski definition) is 4. The fraction of sp³-hybridized carbons (Fsp3) is 0.263. The Balaban J connectivity index is 1.79. The molecule has 0 fully saturated rings. The van der Waals surface area contributed by atoms with Crippen molar-refractivity contribution in [2.45, 2.75) is 13.8 Å². The van der Waals surface area contributed by atoms with Crippen LogP contribution in [-0.2, 0) is 4.79 Å². The van der Waals surface area contributed by atoms with Crippen LogP contribution in [0.15, 0.2) is 53.6 Å². The summed E-state index contributed by atoms with van der Waals surface area (Å²) < 4.78 is 6.51. The number of nitrogens with one attached hydrogen (secondary N) is 1. The van der Waals surface area contributed by atoms with Gasteiger partial charge < -0.3 is 9.64 Å². The van der Waals surface area contributed by atoms with Gasteiger partial charge >= 0.3 is 0 Å². The third-order valence-electron chi connectivity index (χ3n) is 3.61. The molecule has 25 heavy (non-hydrogen) atoms. The van der Waals surface area contributed by atoms with Gasteiger partial charge in [0, 0.05) is 22.3 Å². The molecule has 0 bridgehead atoms. The van der Waals surface area contributed by atoms with Gasteiger partial charge in [0.1, 0.15) is 5.75 Å². The second-order valence-electron chi connectivity index (χ2n) is 5.30. The van der Waals surface area contributed by atoms with Gasteiger partial charge in [0.2, 0.25) is 0 Å². The average molecular weight is 451 g/mol. The molecule has 1 N–H and O–H groups in total. The van der Waals surface area contributed by atoms with E-state index in [1.165, 1.54) is 5.69 Å². The number of halogens is 1. The van der Waals surface area contributed by atoms with Gasteiger partial charge in [-0.15, -0.1) is 0 Å². The fourth-order valence-corrected chi connectivity index (χ4v) is 2.61. The van der Waals surface area contributed by atoms with Crippen molar-refractivity contribution in [1.29, 1.82) is 0 Å². The number of rotatable bonds is 8. The van der Waals surface area contributed by atoms with E-state index in [0.717, 1.165) is 22.2 Å². The second kappa shape index (κ2) is 10.0. The second-order valence-corrected chi connectivity index (χ2v) is 6.55.